The third kappa shape index (κ3) is 5.32. The third-order valence-corrected chi connectivity index (χ3v) is 7.83. The van der Waals surface area contributed by atoms with Crippen molar-refractivity contribution < 1.29 is 9.47 Å². The molecule has 228 valence electrons. The van der Waals surface area contributed by atoms with Gasteiger partial charge >= 0.3 is 0 Å². The van der Waals surface area contributed by atoms with Crippen LogP contribution >= 0.6 is 0 Å². The third-order valence-electron chi connectivity index (χ3n) is 7.83. The summed E-state index contributed by atoms with van der Waals surface area (Å²) in [6, 6.07) is 36.5. The van der Waals surface area contributed by atoms with E-state index in [1.54, 1.807) is 25.0 Å². The Morgan fingerprint density at radius 1 is 0.739 bits per heavy atom. The molecule has 0 saturated carbocycles. The van der Waals surface area contributed by atoms with Gasteiger partial charge in [-0.05, 0) is 41.0 Å². The Morgan fingerprint density at radius 3 is 1.96 bits per heavy atom. The second-order valence-electron chi connectivity index (χ2n) is 10.7. The molecule has 10 nitrogen and oxygen atoms in total. The summed E-state index contributed by atoms with van der Waals surface area (Å²) < 4.78 is 13.8. The van der Waals surface area contributed by atoms with E-state index in [2.05, 4.69) is 10.3 Å². The number of aromatic amines is 1. The van der Waals surface area contributed by atoms with E-state index in [9.17, 15) is 4.79 Å². The molecule has 3 aromatic heterocycles. The van der Waals surface area contributed by atoms with Gasteiger partial charge in [0.25, 0.3) is 5.56 Å². The molecule has 7 rings (SSSR count). The van der Waals surface area contributed by atoms with Gasteiger partial charge in [0.2, 0.25) is 0 Å². The number of fused-ring (bicyclic) bond motifs is 1. The standard InChI is InChI=1S/C36H31N7O3/c1-45-27-17-13-23(14-18-27)22-42-29(37)21-30(40-42)38-34-32(25-15-19-28(46-2)20-16-25)36(44)43-35(39-34)31(24-9-5-3-6-10-24)33(41-43)26-11-7-4-8-12-26/h3-21,39H,22,37H2,1-2H3,(H,38,40). The fraction of sp³-hybridized carbons (Fsp3) is 0.0833. The molecule has 0 aliphatic carbocycles. The maximum atomic E-state index is 14.4. The molecule has 46 heavy (non-hydrogen) atoms. The molecule has 4 aromatic carbocycles. The van der Waals surface area contributed by atoms with Crippen molar-refractivity contribution in [3.05, 3.63) is 131 Å². The lowest BCUT2D eigenvalue weighted by Gasteiger charge is -2.12. The Bertz CT molecular complexity index is 2190. The van der Waals surface area contributed by atoms with Crippen LogP contribution in [0.3, 0.4) is 0 Å². The van der Waals surface area contributed by atoms with E-state index < -0.39 is 0 Å². The van der Waals surface area contributed by atoms with Crippen LogP contribution in [0.15, 0.2) is 120 Å². The highest BCUT2D eigenvalue weighted by atomic mass is 16.5. The molecule has 0 spiro atoms. The molecule has 0 aliphatic heterocycles. The Hall–Kier alpha value is -6.29. The fourth-order valence-electron chi connectivity index (χ4n) is 5.52. The summed E-state index contributed by atoms with van der Waals surface area (Å²) >= 11 is 0. The van der Waals surface area contributed by atoms with Gasteiger partial charge in [-0.1, -0.05) is 84.9 Å². The number of H-pyrrole nitrogens is 1. The number of methoxy groups -OCH3 is 2. The SMILES string of the molecule is COc1ccc(Cn2nc(Nc3[nH]c4c(-c5ccccc5)c(-c5ccccc5)nn4c(=O)c3-c3ccc(OC)cc3)cc2N)cc1. The summed E-state index contributed by atoms with van der Waals surface area (Å²) in [5, 5.41) is 13.0. The Kier molecular flexibility index (Phi) is 7.43. The number of nitrogens with two attached hydrogens (primary N) is 1. The zero-order chi connectivity index (χ0) is 31.6. The maximum absolute atomic E-state index is 14.4. The van der Waals surface area contributed by atoms with E-state index in [1.165, 1.54) is 4.52 Å². The normalized spacial score (nSPS) is 11.1. The van der Waals surface area contributed by atoms with Crippen LogP contribution in [0.25, 0.3) is 39.2 Å². The van der Waals surface area contributed by atoms with E-state index >= 15 is 0 Å². The summed E-state index contributed by atoms with van der Waals surface area (Å²) in [6.07, 6.45) is 0. The van der Waals surface area contributed by atoms with Gasteiger partial charge in [0, 0.05) is 11.6 Å². The molecule has 0 amide bonds. The van der Waals surface area contributed by atoms with E-state index in [4.69, 9.17) is 25.4 Å². The van der Waals surface area contributed by atoms with Crippen molar-refractivity contribution >= 4 is 23.1 Å². The zero-order valence-electron chi connectivity index (χ0n) is 25.3. The van der Waals surface area contributed by atoms with Gasteiger partial charge in [0.15, 0.2) is 5.82 Å². The van der Waals surface area contributed by atoms with Crippen molar-refractivity contribution in [3.63, 3.8) is 0 Å². The second-order valence-corrected chi connectivity index (χ2v) is 10.7. The zero-order valence-corrected chi connectivity index (χ0v) is 25.3. The summed E-state index contributed by atoms with van der Waals surface area (Å²) in [7, 11) is 3.24. The first-order valence-electron chi connectivity index (χ1n) is 14.7. The van der Waals surface area contributed by atoms with Gasteiger partial charge < -0.3 is 25.5 Å². The predicted molar refractivity (Wildman–Crippen MR) is 181 cm³/mol. The van der Waals surface area contributed by atoms with Gasteiger partial charge in [-0.25, -0.2) is 4.68 Å². The number of anilines is 3. The summed E-state index contributed by atoms with van der Waals surface area (Å²) in [6.45, 7) is 0.458. The van der Waals surface area contributed by atoms with Gasteiger partial charge in [0.1, 0.15) is 34.5 Å². The molecular weight excluding hydrogens is 578 g/mol. The highest BCUT2D eigenvalue weighted by Gasteiger charge is 2.23. The van der Waals surface area contributed by atoms with Crippen LogP contribution in [0.5, 0.6) is 11.5 Å². The molecule has 0 unspecified atom stereocenters. The average molecular weight is 610 g/mol. The molecule has 10 heteroatoms. The topological polar surface area (TPSA) is 124 Å². The first-order chi connectivity index (χ1) is 22.5. The highest BCUT2D eigenvalue weighted by Crippen LogP contribution is 2.36. The van der Waals surface area contributed by atoms with Gasteiger partial charge in [-0.2, -0.15) is 14.7 Å². The molecule has 0 radical (unpaired) electrons. The second kappa shape index (κ2) is 12.0. The van der Waals surface area contributed by atoms with Crippen LogP contribution in [-0.4, -0.2) is 38.6 Å². The molecular formula is C36H31N7O3. The van der Waals surface area contributed by atoms with Gasteiger partial charge in [0.05, 0.1) is 31.9 Å². The van der Waals surface area contributed by atoms with Crippen molar-refractivity contribution in [2.45, 2.75) is 6.54 Å². The lowest BCUT2D eigenvalue weighted by atomic mass is 10.0. The quantitative estimate of drug-likeness (QED) is 0.168. The van der Waals surface area contributed by atoms with Crippen molar-refractivity contribution in [3.8, 4) is 45.0 Å². The summed E-state index contributed by atoms with van der Waals surface area (Å²) in [4.78, 5) is 18.0. The average Bonchev–Trinajstić information content (AvgIpc) is 3.65. The lowest BCUT2D eigenvalue weighted by molar-refractivity contribution is 0.414. The fourth-order valence-corrected chi connectivity index (χ4v) is 5.52. The van der Waals surface area contributed by atoms with Crippen LogP contribution in [0.2, 0.25) is 0 Å². The molecule has 3 heterocycles. The number of nitrogens with zero attached hydrogens (tertiary/aromatic N) is 4. The molecule has 0 atom stereocenters. The first kappa shape index (κ1) is 28.5. The van der Waals surface area contributed by atoms with Crippen molar-refractivity contribution in [1.29, 1.82) is 0 Å². The van der Waals surface area contributed by atoms with E-state index in [1.807, 2.05) is 109 Å². The minimum atomic E-state index is -0.300. The number of aromatic nitrogens is 5. The molecule has 0 fully saturated rings. The number of nitrogen functional groups attached to an aromatic ring is 1. The Morgan fingerprint density at radius 2 is 1.33 bits per heavy atom. The molecule has 0 bridgehead atoms. The first-order valence-corrected chi connectivity index (χ1v) is 14.7. The molecule has 4 N–H and O–H groups in total. The number of benzene rings is 4. The molecule has 0 saturated heterocycles. The number of ether oxygens (including phenoxy) is 2. The predicted octanol–water partition coefficient (Wildman–Crippen LogP) is 6.61. The maximum Gasteiger partial charge on any atom is 0.284 e. The van der Waals surface area contributed by atoms with E-state index in [0.29, 0.717) is 52.2 Å². The van der Waals surface area contributed by atoms with Gasteiger partial charge in [-0.15, -0.1) is 0 Å². The van der Waals surface area contributed by atoms with Crippen LogP contribution < -0.4 is 26.1 Å². The lowest BCUT2D eigenvalue weighted by Crippen LogP contribution is -2.19. The molecule has 7 aromatic rings. The smallest absolute Gasteiger partial charge is 0.284 e. The monoisotopic (exact) mass is 609 g/mol. The summed E-state index contributed by atoms with van der Waals surface area (Å²) in [5.41, 5.74) is 12.0. The summed E-state index contributed by atoms with van der Waals surface area (Å²) in [5.74, 6) is 2.85. The van der Waals surface area contributed by atoms with Crippen LogP contribution in [0, 0.1) is 0 Å². The minimum absolute atomic E-state index is 0.300. The minimum Gasteiger partial charge on any atom is -0.497 e. The number of hydrogen-bond donors (Lipinski definition) is 3. The van der Waals surface area contributed by atoms with E-state index in [-0.39, 0.29) is 5.56 Å². The largest absolute Gasteiger partial charge is 0.497 e. The Labute approximate surface area is 264 Å². The highest BCUT2D eigenvalue weighted by molar-refractivity contribution is 5.92. The van der Waals surface area contributed by atoms with Crippen molar-refractivity contribution in [2.24, 2.45) is 0 Å². The number of nitrogens with one attached hydrogen (secondary N) is 2. The van der Waals surface area contributed by atoms with Crippen LogP contribution in [-0.2, 0) is 6.54 Å². The van der Waals surface area contributed by atoms with Crippen molar-refractivity contribution in [1.82, 2.24) is 24.4 Å². The van der Waals surface area contributed by atoms with Crippen LogP contribution in [0.1, 0.15) is 5.56 Å². The number of hydrogen-bond acceptors (Lipinski definition) is 7. The van der Waals surface area contributed by atoms with Crippen LogP contribution in [0.4, 0.5) is 17.5 Å². The number of rotatable bonds is 9. The van der Waals surface area contributed by atoms with Crippen molar-refractivity contribution in [2.75, 3.05) is 25.3 Å². The Balaban J connectivity index is 1.40. The molecule has 0 aliphatic rings. The van der Waals surface area contributed by atoms with Gasteiger partial charge in [-0.3, -0.25) is 4.79 Å². The van der Waals surface area contributed by atoms with E-state index in [0.717, 1.165) is 28.0 Å².